The highest BCUT2D eigenvalue weighted by Gasteiger charge is 2.19. The number of carbonyl (C=O) groups excluding carboxylic acids is 1. The molecule has 0 fully saturated rings. The molecule has 19 heavy (non-hydrogen) atoms. The van der Waals surface area contributed by atoms with Crippen LogP contribution in [0.25, 0.3) is 0 Å². The van der Waals surface area contributed by atoms with Gasteiger partial charge in [-0.3, -0.25) is 9.78 Å². The molecule has 1 aromatic carbocycles. The molecule has 0 amide bonds. The normalized spacial score (nSPS) is 12.1. The van der Waals surface area contributed by atoms with Gasteiger partial charge in [0, 0.05) is 25.4 Å². The predicted octanol–water partition coefficient (Wildman–Crippen LogP) is 2.59. The highest BCUT2D eigenvalue weighted by Crippen LogP contribution is 2.20. The molecular weight excluding hydrogens is 260 g/mol. The number of halogens is 1. The van der Waals surface area contributed by atoms with Crippen LogP contribution in [0.3, 0.4) is 0 Å². The fraction of sp³-hybridized carbons (Fsp3) is 0.200. The van der Waals surface area contributed by atoms with Crippen LogP contribution < -0.4 is 5.73 Å². The van der Waals surface area contributed by atoms with Crippen molar-refractivity contribution in [2.45, 2.75) is 12.3 Å². The Hall–Kier alpha value is -1.71. The molecular formula is C15H15ClN2O. The third-order valence-corrected chi connectivity index (χ3v) is 3.39. The first kappa shape index (κ1) is 13.7. The molecule has 1 atom stereocenters. The fourth-order valence-corrected chi connectivity index (χ4v) is 2.18. The molecule has 3 nitrogen and oxygen atoms in total. The topological polar surface area (TPSA) is 56.0 Å². The minimum Gasteiger partial charge on any atom is -0.329 e. The zero-order chi connectivity index (χ0) is 13.7. The number of ketones is 1. The molecule has 0 saturated heterocycles. The standard InChI is InChI=1S/C15H15ClN2O/c16-14-10-18-7-6-12(14)8-15(19)13(9-17)11-4-2-1-3-5-11/h1-7,10,13H,8-9,17H2. The second-order valence-corrected chi connectivity index (χ2v) is 4.72. The summed E-state index contributed by atoms with van der Waals surface area (Å²) in [5, 5.41) is 0.514. The van der Waals surface area contributed by atoms with Crippen LogP contribution in [0.2, 0.25) is 5.02 Å². The van der Waals surface area contributed by atoms with Gasteiger partial charge in [-0.2, -0.15) is 0 Å². The summed E-state index contributed by atoms with van der Waals surface area (Å²) in [4.78, 5) is 16.2. The third kappa shape index (κ3) is 3.40. The number of hydrogen-bond acceptors (Lipinski definition) is 3. The summed E-state index contributed by atoms with van der Waals surface area (Å²) in [6.07, 6.45) is 3.46. The highest BCUT2D eigenvalue weighted by molar-refractivity contribution is 6.31. The number of pyridine rings is 1. The van der Waals surface area contributed by atoms with E-state index in [0.717, 1.165) is 11.1 Å². The average molecular weight is 275 g/mol. The molecule has 0 aliphatic heterocycles. The molecule has 4 heteroatoms. The van der Waals surface area contributed by atoms with Crippen molar-refractivity contribution >= 4 is 17.4 Å². The summed E-state index contributed by atoms with van der Waals surface area (Å²) in [6.45, 7) is 0.297. The average Bonchev–Trinajstić information content (AvgIpc) is 2.43. The zero-order valence-electron chi connectivity index (χ0n) is 10.4. The van der Waals surface area contributed by atoms with Crippen LogP contribution in [0.15, 0.2) is 48.8 Å². The summed E-state index contributed by atoms with van der Waals surface area (Å²) in [5.41, 5.74) is 7.46. The minimum atomic E-state index is -0.287. The molecule has 1 heterocycles. The third-order valence-electron chi connectivity index (χ3n) is 3.05. The van der Waals surface area contributed by atoms with Crippen LogP contribution >= 0.6 is 11.6 Å². The van der Waals surface area contributed by atoms with E-state index in [2.05, 4.69) is 4.98 Å². The van der Waals surface area contributed by atoms with Gasteiger partial charge in [-0.15, -0.1) is 0 Å². The van der Waals surface area contributed by atoms with Crippen molar-refractivity contribution in [3.8, 4) is 0 Å². The lowest BCUT2D eigenvalue weighted by atomic mass is 9.91. The summed E-state index contributed by atoms with van der Waals surface area (Å²) in [7, 11) is 0. The Kier molecular flexibility index (Phi) is 4.66. The second kappa shape index (κ2) is 6.45. The first-order valence-electron chi connectivity index (χ1n) is 6.08. The van der Waals surface area contributed by atoms with Crippen LogP contribution in [0, 0.1) is 0 Å². The molecule has 2 rings (SSSR count). The molecule has 1 aromatic heterocycles. The number of nitrogens with zero attached hydrogens (tertiary/aromatic N) is 1. The van der Waals surface area contributed by atoms with E-state index < -0.39 is 0 Å². The molecule has 0 saturated carbocycles. The van der Waals surface area contributed by atoms with Gasteiger partial charge in [0.05, 0.1) is 10.9 Å². The number of rotatable bonds is 5. The van der Waals surface area contributed by atoms with Crippen LogP contribution in [0.5, 0.6) is 0 Å². The Labute approximate surface area is 117 Å². The SMILES string of the molecule is NCC(C(=O)Cc1ccncc1Cl)c1ccccc1. The van der Waals surface area contributed by atoms with Crippen molar-refractivity contribution in [1.82, 2.24) is 4.98 Å². The van der Waals surface area contributed by atoms with Crippen molar-refractivity contribution in [1.29, 1.82) is 0 Å². The van der Waals surface area contributed by atoms with E-state index in [-0.39, 0.29) is 18.1 Å². The van der Waals surface area contributed by atoms with E-state index in [9.17, 15) is 4.79 Å². The van der Waals surface area contributed by atoms with Gasteiger partial charge in [0.1, 0.15) is 5.78 Å². The van der Waals surface area contributed by atoms with Crippen molar-refractivity contribution in [2.24, 2.45) is 5.73 Å². The van der Waals surface area contributed by atoms with Gasteiger partial charge in [-0.1, -0.05) is 41.9 Å². The number of benzene rings is 1. The van der Waals surface area contributed by atoms with E-state index in [4.69, 9.17) is 17.3 Å². The van der Waals surface area contributed by atoms with Crippen molar-refractivity contribution < 1.29 is 4.79 Å². The molecule has 0 bridgehead atoms. The Morgan fingerprint density at radius 1 is 1.26 bits per heavy atom. The lowest BCUT2D eigenvalue weighted by Gasteiger charge is -2.14. The Morgan fingerprint density at radius 2 is 2.00 bits per heavy atom. The number of nitrogens with two attached hydrogens (primary N) is 1. The summed E-state index contributed by atoms with van der Waals surface area (Å²) >= 11 is 6.02. The van der Waals surface area contributed by atoms with E-state index in [1.54, 1.807) is 18.5 Å². The Bertz CT molecular complexity index is 557. The summed E-state index contributed by atoms with van der Waals surface area (Å²) < 4.78 is 0. The second-order valence-electron chi connectivity index (χ2n) is 4.31. The van der Waals surface area contributed by atoms with Gasteiger partial charge in [0.25, 0.3) is 0 Å². The Morgan fingerprint density at radius 3 is 2.63 bits per heavy atom. The number of hydrogen-bond donors (Lipinski definition) is 1. The smallest absolute Gasteiger partial charge is 0.146 e. The zero-order valence-corrected chi connectivity index (χ0v) is 11.2. The van der Waals surface area contributed by atoms with E-state index >= 15 is 0 Å². The minimum absolute atomic E-state index is 0.0711. The van der Waals surface area contributed by atoms with Gasteiger partial charge in [0.2, 0.25) is 0 Å². The van der Waals surface area contributed by atoms with Crippen LogP contribution in [0.4, 0.5) is 0 Å². The molecule has 1 unspecified atom stereocenters. The predicted molar refractivity (Wildman–Crippen MR) is 76.2 cm³/mol. The van der Waals surface area contributed by atoms with E-state index in [1.807, 2.05) is 30.3 Å². The van der Waals surface area contributed by atoms with Crippen molar-refractivity contribution in [3.63, 3.8) is 0 Å². The molecule has 2 N–H and O–H groups in total. The van der Waals surface area contributed by atoms with Gasteiger partial charge in [0.15, 0.2) is 0 Å². The lowest BCUT2D eigenvalue weighted by Crippen LogP contribution is -2.23. The number of carbonyl (C=O) groups is 1. The van der Waals surface area contributed by atoms with E-state index in [0.29, 0.717) is 11.6 Å². The first-order valence-corrected chi connectivity index (χ1v) is 6.46. The monoisotopic (exact) mass is 274 g/mol. The lowest BCUT2D eigenvalue weighted by molar-refractivity contribution is -0.119. The highest BCUT2D eigenvalue weighted by atomic mass is 35.5. The number of aromatic nitrogens is 1. The molecule has 98 valence electrons. The van der Waals surface area contributed by atoms with Crippen molar-refractivity contribution in [3.05, 3.63) is 64.9 Å². The maximum Gasteiger partial charge on any atom is 0.146 e. The van der Waals surface area contributed by atoms with Crippen LogP contribution in [0.1, 0.15) is 17.0 Å². The maximum atomic E-state index is 12.3. The molecule has 0 spiro atoms. The maximum absolute atomic E-state index is 12.3. The molecule has 0 aliphatic rings. The largest absolute Gasteiger partial charge is 0.329 e. The quantitative estimate of drug-likeness (QED) is 0.912. The van der Waals surface area contributed by atoms with Crippen molar-refractivity contribution in [2.75, 3.05) is 6.54 Å². The fourth-order valence-electron chi connectivity index (χ4n) is 2.00. The van der Waals surface area contributed by atoms with Gasteiger partial charge < -0.3 is 5.73 Å². The number of Topliss-reactive ketones (excluding diaryl/α,β-unsaturated/α-hetero) is 1. The first-order chi connectivity index (χ1) is 9.22. The van der Waals surface area contributed by atoms with Gasteiger partial charge >= 0.3 is 0 Å². The molecule has 2 aromatic rings. The summed E-state index contributed by atoms with van der Waals surface area (Å²) in [5.74, 6) is -0.216. The van der Waals surface area contributed by atoms with Crippen LogP contribution in [-0.2, 0) is 11.2 Å². The van der Waals surface area contributed by atoms with Gasteiger partial charge in [-0.25, -0.2) is 0 Å². The molecule has 0 radical (unpaired) electrons. The summed E-state index contributed by atoms with van der Waals surface area (Å²) in [6, 6.07) is 11.3. The van der Waals surface area contributed by atoms with Gasteiger partial charge in [-0.05, 0) is 17.2 Å². The van der Waals surface area contributed by atoms with E-state index in [1.165, 1.54) is 0 Å². The van der Waals surface area contributed by atoms with Crippen LogP contribution in [-0.4, -0.2) is 17.3 Å². The molecule has 0 aliphatic carbocycles. The Balaban J connectivity index is 2.17.